The zero-order chi connectivity index (χ0) is 12.3. The molecule has 5 heteroatoms. The molecule has 0 N–H and O–H groups in total. The Morgan fingerprint density at radius 1 is 1.31 bits per heavy atom. The van der Waals surface area contributed by atoms with E-state index in [4.69, 9.17) is 0 Å². The van der Waals surface area contributed by atoms with Gasteiger partial charge in [0.25, 0.3) is 0 Å². The smallest absolute Gasteiger partial charge is 0.225 e. The van der Waals surface area contributed by atoms with Gasteiger partial charge in [0.2, 0.25) is 5.95 Å². The van der Waals surface area contributed by atoms with Gasteiger partial charge in [-0.1, -0.05) is 0 Å². The number of aryl methyl sites for hydroxylation is 1. The maximum absolute atomic E-state index is 11.8. The van der Waals surface area contributed by atoms with Gasteiger partial charge in [0.05, 0.1) is 17.8 Å². The van der Waals surface area contributed by atoms with Crippen LogP contribution in [0.25, 0.3) is 0 Å². The zero-order valence-electron chi connectivity index (χ0n) is 10.5. The monoisotopic (exact) mass is 222 g/mol. The molecule has 1 rings (SSSR count). The fourth-order valence-corrected chi connectivity index (χ4v) is 1.32. The number of hydrogen-bond acceptors (Lipinski definition) is 5. The Kier molecular flexibility index (Phi) is 3.95. The van der Waals surface area contributed by atoms with E-state index < -0.39 is 0 Å². The lowest BCUT2D eigenvalue weighted by Crippen LogP contribution is -2.23. The van der Waals surface area contributed by atoms with Crippen molar-refractivity contribution in [1.82, 2.24) is 14.9 Å². The molecule has 1 aromatic rings. The maximum Gasteiger partial charge on any atom is 0.225 e. The molecule has 0 spiro atoms. The Morgan fingerprint density at radius 3 is 2.38 bits per heavy atom. The minimum absolute atomic E-state index is 0.0489. The van der Waals surface area contributed by atoms with E-state index in [1.165, 1.54) is 0 Å². The molecule has 0 unspecified atom stereocenters. The summed E-state index contributed by atoms with van der Waals surface area (Å²) in [6.45, 7) is 2.21. The number of anilines is 1. The molecule has 0 bridgehead atoms. The van der Waals surface area contributed by atoms with E-state index in [1.807, 2.05) is 44.9 Å². The third-order valence-electron chi connectivity index (χ3n) is 2.13. The van der Waals surface area contributed by atoms with E-state index in [0.717, 1.165) is 5.69 Å². The molecule has 0 aromatic carbocycles. The van der Waals surface area contributed by atoms with E-state index in [0.29, 0.717) is 18.1 Å². The average molecular weight is 222 g/mol. The second-order valence-corrected chi connectivity index (χ2v) is 4.22. The van der Waals surface area contributed by atoms with Crippen LogP contribution in [0.4, 0.5) is 5.95 Å². The van der Waals surface area contributed by atoms with Crippen LogP contribution in [0, 0.1) is 6.92 Å². The molecule has 88 valence electrons. The summed E-state index contributed by atoms with van der Waals surface area (Å²) in [4.78, 5) is 23.9. The van der Waals surface area contributed by atoms with Gasteiger partial charge in [0, 0.05) is 20.3 Å². The van der Waals surface area contributed by atoms with E-state index in [9.17, 15) is 4.79 Å². The number of Topliss-reactive ketones (excluding diaryl/α,β-unsaturated/α-hetero) is 1. The van der Waals surface area contributed by atoms with Gasteiger partial charge in [-0.15, -0.1) is 0 Å². The Labute approximate surface area is 96.1 Å². The molecule has 0 radical (unpaired) electrons. The summed E-state index contributed by atoms with van der Waals surface area (Å²) in [7, 11) is 7.47. The van der Waals surface area contributed by atoms with Gasteiger partial charge in [-0.25, -0.2) is 9.97 Å². The van der Waals surface area contributed by atoms with Crippen LogP contribution in [0.15, 0.2) is 6.20 Å². The first-order valence-electron chi connectivity index (χ1n) is 5.10. The van der Waals surface area contributed by atoms with Crippen LogP contribution in [-0.4, -0.2) is 55.4 Å². The molecule has 5 nitrogen and oxygen atoms in total. The van der Waals surface area contributed by atoms with E-state index >= 15 is 0 Å². The first kappa shape index (κ1) is 12.6. The molecule has 0 aliphatic carbocycles. The van der Waals surface area contributed by atoms with E-state index in [-0.39, 0.29) is 5.78 Å². The standard InChI is InChI=1S/C11H18N4O/c1-8-9(10(16)7-14(2)3)6-12-11(13-8)15(4)5/h6H,7H2,1-5H3. The first-order valence-corrected chi connectivity index (χ1v) is 5.10. The Bertz CT molecular complexity index is 388. The van der Waals surface area contributed by atoms with Crippen molar-refractivity contribution in [2.24, 2.45) is 0 Å². The molecule has 0 atom stereocenters. The van der Waals surface area contributed by atoms with E-state index in [2.05, 4.69) is 9.97 Å². The van der Waals surface area contributed by atoms with Gasteiger partial charge in [0.1, 0.15) is 0 Å². The van der Waals surface area contributed by atoms with Crippen LogP contribution in [0.2, 0.25) is 0 Å². The minimum Gasteiger partial charge on any atom is -0.347 e. The quantitative estimate of drug-likeness (QED) is 0.698. The number of hydrogen-bond donors (Lipinski definition) is 0. The molecular weight excluding hydrogens is 204 g/mol. The normalized spacial score (nSPS) is 10.6. The van der Waals surface area contributed by atoms with Crippen LogP contribution < -0.4 is 4.90 Å². The van der Waals surface area contributed by atoms with Gasteiger partial charge in [-0.05, 0) is 21.0 Å². The van der Waals surface area contributed by atoms with Gasteiger partial charge < -0.3 is 9.80 Å². The van der Waals surface area contributed by atoms with Gasteiger partial charge in [-0.3, -0.25) is 4.79 Å². The van der Waals surface area contributed by atoms with Gasteiger partial charge >= 0.3 is 0 Å². The molecule has 1 aromatic heterocycles. The van der Waals surface area contributed by atoms with Crippen molar-refractivity contribution >= 4 is 11.7 Å². The van der Waals surface area contributed by atoms with Crippen LogP contribution >= 0.6 is 0 Å². The van der Waals surface area contributed by atoms with Crippen molar-refractivity contribution in [3.8, 4) is 0 Å². The number of ketones is 1. The minimum atomic E-state index is 0.0489. The maximum atomic E-state index is 11.8. The summed E-state index contributed by atoms with van der Waals surface area (Å²) in [5, 5.41) is 0. The molecule has 0 amide bonds. The van der Waals surface area contributed by atoms with Crippen LogP contribution in [-0.2, 0) is 0 Å². The van der Waals surface area contributed by atoms with Crippen LogP contribution in [0.3, 0.4) is 0 Å². The summed E-state index contributed by atoms with van der Waals surface area (Å²) in [5.41, 5.74) is 1.32. The third kappa shape index (κ3) is 3.00. The Morgan fingerprint density at radius 2 is 1.94 bits per heavy atom. The highest BCUT2D eigenvalue weighted by molar-refractivity contribution is 5.98. The molecule has 1 heterocycles. The van der Waals surface area contributed by atoms with Crippen molar-refractivity contribution in [2.45, 2.75) is 6.92 Å². The van der Waals surface area contributed by atoms with Crippen LogP contribution in [0.1, 0.15) is 16.1 Å². The number of carbonyl (C=O) groups is 1. The van der Waals surface area contributed by atoms with Crippen molar-refractivity contribution in [2.75, 3.05) is 39.6 Å². The lowest BCUT2D eigenvalue weighted by Gasteiger charge is -2.13. The Hall–Kier alpha value is -1.49. The number of carbonyl (C=O) groups excluding carboxylic acids is 1. The van der Waals surface area contributed by atoms with E-state index in [1.54, 1.807) is 6.20 Å². The van der Waals surface area contributed by atoms with Crippen molar-refractivity contribution in [3.05, 3.63) is 17.5 Å². The molecule has 16 heavy (non-hydrogen) atoms. The fraction of sp³-hybridized carbons (Fsp3) is 0.545. The zero-order valence-corrected chi connectivity index (χ0v) is 10.5. The predicted molar refractivity (Wildman–Crippen MR) is 64.0 cm³/mol. The first-order chi connectivity index (χ1) is 7.41. The van der Waals surface area contributed by atoms with Crippen molar-refractivity contribution < 1.29 is 4.79 Å². The number of rotatable bonds is 4. The number of nitrogens with zero attached hydrogens (tertiary/aromatic N) is 4. The number of aromatic nitrogens is 2. The number of likely N-dealkylation sites (N-methyl/N-ethyl adjacent to an activating group) is 1. The summed E-state index contributed by atoms with van der Waals surface area (Å²) in [5.74, 6) is 0.673. The molecule has 0 saturated carbocycles. The van der Waals surface area contributed by atoms with Gasteiger partial charge in [-0.2, -0.15) is 0 Å². The summed E-state index contributed by atoms with van der Waals surface area (Å²) in [6, 6.07) is 0. The molecule has 0 fully saturated rings. The topological polar surface area (TPSA) is 49.3 Å². The fourth-order valence-electron chi connectivity index (χ4n) is 1.32. The molecule has 0 aliphatic rings. The van der Waals surface area contributed by atoms with Crippen molar-refractivity contribution in [1.29, 1.82) is 0 Å². The largest absolute Gasteiger partial charge is 0.347 e. The molecule has 0 aliphatic heterocycles. The lowest BCUT2D eigenvalue weighted by molar-refractivity contribution is 0.0956. The summed E-state index contributed by atoms with van der Waals surface area (Å²) < 4.78 is 0. The molecular formula is C11H18N4O. The average Bonchev–Trinajstić information content (AvgIpc) is 2.15. The van der Waals surface area contributed by atoms with Crippen molar-refractivity contribution in [3.63, 3.8) is 0 Å². The highest BCUT2D eigenvalue weighted by Gasteiger charge is 2.12. The highest BCUT2D eigenvalue weighted by atomic mass is 16.1. The summed E-state index contributed by atoms with van der Waals surface area (Å²) >= 11 is 0. The second kappa shape index (κ2) is 5.03. The summed E-state index contributed by atoms with van der Waals surface area (Å²) in [6.07, 6.45) is 1.60. The third-order valence-corrected chi connectivity index (χ3v) is 2.13. The SMILES string of the molecule is Cc1nc(N(C)C)ncc1C(=O)CN(C)C. The highest BCUT2D eigenvalue weighted by Crippen LogP contribution is 2.09. The van der Waals surface area contributed by atoms with Gasteiger partial charge in [0.15, 0.2) is 5.78 Å². The predicted octanol–water partition coefficient (Wildman–Crippen LogP) is 0.595. The lowest BCUT2D eigenvalue weighted by atomic mass is 10.1. The second-order valence-electron chi connectivity index (χ2n) is 4.22. The van der Waals surface area contributed by atoms with Crippen LogP contribution in [0.5, 0.6) is 0 Å². The Balaban J connectivity index is 2.95. The molecule has 0 saturated heterocycles.